The standard InChI is InChI=1S/C52H38N2/c1-52(2)48-33-41(45-17-9-15-39-18-19-40-16-10-32-53-51(40)50(39)45)24-30-46(48)47-31-29-44(34-49(47)52)54(42-25-20-37(21-26-42)35-11-5-3-6-12-35)43-27-22-38(23-28-43)36-13-7-4-8-14-36/h3-34H,1-2H3. The molecule has 0 N–H and O–H groups in total. The summed E-state index contributed by atoms with van der Waals surface area (Å²) in [5, 5.41) is 3.58. The summed E-state index contributed by atoms with van der Waals surface area (Å²) >= 11 is 0. The van der Waals surface area contributed by atoms with Gasteiger partial charge < -0.3 is 4.90 Å². The van der Waals surface area contributed by atoms with Crippen LogP contribution in [-0.2, 0) is 5.41 Å². The Morgan fingerprint density at radius 3 is 1.56 bits per heavy atom. The number of benzene rings is 8. The van der Waals surface area contributed by atoms with Gasteiger partial charge in [0.1, 0.15) is 0 Å². The van der Waals surface area contributed by atoms with Crippen LogP contribution in [0.4, 0.5) is 17.1 Å². The SMILES string of the molecule is CC1(C)c2cc(-c3cccc4ccc5cccnc5c34)ccc2-c2ccc(N(c3ccc(-c4ccccc4)cc3)c3ccc(-c4ccccc4)cc3)cc21. The van der Waals surface area contributed by atoms with Crippen LogP contribution in [-0.4, -0.2) is 4.98 Å². The number of anilines is 3. The predicted molar refractivity (Wildman–Crippen MR) is 228 cm³/mol. The third kappa shape index (κ3) is 5.30. The second-order valence-corrected chi connectivity index (χ2v) is 14.8. The molecule has 1 aromatic heterocycles. The largest absolute Gasteiger partial charge is 0.310 e. The number of rotatable bonds is 6. The summed E-state index contributed by atoms with van der Waals surface area (Å²) in [5.74, 6) is 0. The summed E-state index contributed by atoms with van der Waals surface area (Å²) in [6.07, 6.45) is 1.90. The van der Waals surface area contributed by atoms with Crippen LogP contribution in [0.25, 0.3) is 66.2 Å². The van der Waals surface area contributed by atoms with Crippen molar-refractivity contribution in [3.63, 3.8) is 0 Å². The van der Waals surface area contributed by atoms with Gasteiger partial charge in [0.2, 0.25) is 0 Å². The molecule has 0 amide bonds. The van der Waals surface area contributed by atoms with Gasteiger partial charge >= 0.3 is 0 Å². The number of pyridine rings is 1. The lowest BCUT2D eigenvalue weighted by Gasteiger charge is -2.28. The van der Waals surface area contributed by atoms with Crippen LogP contribution in [0.2, 0.25) is 0 Å². The normalized spacial score (nSPS) is 12.8. The van der Waals surface area contributed by atoms with Gasteiger partial charge in [0.25, 0.3) is 0 Å². The summed E-state index contributed by atoms with van der Waals surface area (Å²) in [6, 6.07) is 68.3. The molecule has 0 saturated heterocycles. The lowest BCUT2D eigenvalue weighted by molar-refractivity contribution is 0.660. The summed E-state index contributed by atoms with van der Waals surface area (Å²) in [7, 11) is 0. The van der Waals surface area contributed by atoms with Crippen LogP contribution in [0.3, 0.4) is 0 Å². The first-order valence-corrected chi connectivity index (χ1v) is 18.7. The number of hydrogen-bond acceptors (Lipinski definition) is 2. The van der Waals surface area contributed by atoms with Crippen LogP contribution in [0, 0.1) is 0 Å². The van der Waals surface area contributed by atoms with Gasteiger partial charge in [-0.1, -0.05) is 153 Å². The van der Waals surface area contributed by atoms with E-state index in [1.807, 2.05) is 12.3 Å². The molecule has 0 saturated carbocycles. The van der Waals surface area contributed by atoms with Crippen molar-refractivity contribution in [2.24, 2.45) is 0 Å². The third-order valence-corrected chi connectivity index (χ3v) is 11.3. The average Bonchev–Trinajstić information content (AvgIpc) is 3.46. The summed E-state index contributed by atoms with van der Waals surface area (Å²) in [6.45, 7) is 4.75. The second kappa shape index (κ2) is 12.7. The van der Waals surface area contributed by atoms with E-state index in [4.69, 9.17) is 4.98 Å². The summed E-state index contributed by atoms with van der Waals surface area (Å²) in [4.78, 5) is 7.23. The molecule has 0 unspecified atom stereocenters. The minimum absolute atomic E-state index is 0.207. The first-order chi connectivity index (χ1) is 26.5. The minimum Gasteiger partial charge on any atom is -0.310 e. The Hall–Kier alpha value is -6.77. The zero-order valence-corrected chi connectivity index (χ0v) is 30.4. The fourth-order valence-electron chi connectivity index (χ4n) is 8.50. The molecule has 0 spiro atoms. The zero-order chi connectivity index (χ0) is 36.2. The highest BCUT2D eigenvalue weighted by atomic mass is 15.1. The summed E-state index contributed by atoms with van der Waals surface area (Å²) in [5.41, 5.74) is 16.8. The molecule has 1 aliphatic rings. The van der Waals surface area contributed by atoms with E-state index in [9.17, 15) is 0 Å². The molecule has 0 fully saturated rings. The minimum atomic E-state index is -0.207. The fourth-order valence-corrected chi connectivity index (χ4v) is 8.50. The van der Waals surface area contributed by atoms with Crippen LogP contribution < -0.4 is 4.90 Å². The van der Waals surface area contributed by atoms with Crippen LogP contribution in [0.15, 0.2) is 194 Å². The van der Waals surface area contributed by atoms with Crippen molar-refractivity contribution >= 4 is 38.7 Å². The van der Waals surface area contributed by atoms with Crippen molar-refractivity contribution in [2.45, 2.75) is 19.3 Å². The Balaban J connectivity index is 1.07. The van der Waals surface area contributed by atoms with Crippen molar-refractivity contribution in [3.05, 3.63) is 205 Å². The smallest absolute Gasteiger partial charge is 0.0786 e. The van der Waals surface area contributed by atoms with E-state index in [1.54, 1.807) is 0 Å². The molecular weight excluding hydrogens is 653 g/mol. The molecule has 54 heavy (non-hydrogen) atoms. The number of fused-ring (bicyclic) bond motifs is 6. The molecule has 10 rings (SSSR count). The van der Waals surface area contributed by atoms with E-state index in [2.05, 4.69) is 201 Å². The average molecular weight is 691 g/mol. The van der Waals surface area contributed by atoms with Crippen molar-refractivity contribution in [2.75, 3.05) is 4.90 Å². The van der Waals surface area contributed by atoms with Gasteiger partial charge in [-0.25, -0.2) is 0 Å². The molecule has 2 heteroatoms. The highest BCUT2D eigenvalue weighted by molar-refractivity contribution is 6.12. The third-order valence-electron chi connectivity index (χ3n) is 11.3. The van der Waals surface area contributed by atoms with Crippen LogP contribution in [0.1, 0.15) is 25.0 Å². The van der Waals surface area contributed by atoms with E-state index in [0.717, 1.165) is 28.0 Å². The van der Waals surface area contributed by atoms with E-state index in [-0.39, 0.29) is 5.41 Å². The van der Waals surface area contributed by atoms with E-state index in [0.29, 0.717) is 0 Å². The maximum Gasteiger partial charge on any atom is 0.0786 e. The molecule has 0 radical (unpaired) electrons. The number of hydrogen-bond donors (Lipinski definition) is 0. The van der Waals surface area contributed by atoms with Crippen molar-refractivity contribution in [1.29, 1.82) is 0 Å². The number of aromatic nitrogens is 1. The van der Waals surface area contributed by atoms with Gasteiger partial charge in [0, 0.05) is 39.4 Å². The molecule has 0 bridgehead atoms. The van der Waals surface area contributed by atoms with Gasteiger partial charge in [-0.05, 0) is 110 Å². The van der Waals surface area contributed by atoms with Gasteiger partial charge in [0.15, 0.2) is 0 Å². The van der Waals surface area contributed by atoms with Gasteiger partial charge in [0.05, 0.1) is 5.52 Å². The molecule has 8 aromatic carbocycles. The first kappa shape index (κ1) is 31.9. The Kier molecular flexibility index (Phi) is 7.52. The van der Waals surface area contributed by atoms with Crippen molar-refractivity contribution < 1.29 is 0 Å². The maximum absolute atomic E-state index is 4.84. The fraction of sp³-hybridized carbons (Fsp3) is 0.0577. The molecular formula is C52H38N2. The molecule has 0 aliphatic heterocycles. The van der Waals surface area contributed by atoms with E-state index < -0.39 is 0 Å². The van der Waals surface area contributed by atoms with Gasteiger partial charge in [-0.3, -0.25) is 4.98 Å². The molecule has 0 atom stereocenters. The zero-order valence-electron chi connectivity index (χ0n) is 30.4. The lowest BCUT2D eigenvalue weighted by atomic mass is 9.81. The van der Waals surface area contributed by atoms with Gasteiger partial charge in [-0.15, -0.1) is 0 Å². The molecule has 256 valence electrons. The van der Waals surface area contributed by atoms with Crippen molar-refractivity contribution in [3.8, 4) is 44.5 Å². The molecule has 2 nitrogen and oxygen atoms in total. The van der Waals surface area contributed by atoms with Crippen LogP contribution in [0.5, 0.6) is 0 Å². The molecule has 1 aliphatic carbocycles. The predicted octanol–water partition coefficient (Wildman–Crippen LogP) is 14.2. The van der Waals surface area contributed by atoms with Crippen LogP contribution >= 0.6 is 0 Å². The first-order valence-electron chi connectivity index (χ1n) is 18.7. The Morgan fingerprint density at radius 2 is 0.907 bits per heavy atom. The van der Waals surface area contributed by atoms with Crippen molar-refractivity contribution in [1.82, 2.24) is 4.98 Å². The van der Waals surface area contributed by atoms with E-state index >= 15 is 0 Å². The highest BCUT2D eigenvalue weighted by Gasteiger charge is 2.36. The second-order valence-electron chi connectivity index (χ2n) is 14.8. The maximum atomic E-state index is 4.84. The Labute approximate surface area is 316 Å². The number of nitrogens with zero attached hydrogens (tertiary/aromatic N) is 2. The summed E-state index contributed by atoms with van der Waals surface area (Å²) < 4.78 is 0. The topological polar surface area (TPSA) is 16.1 Å². The molecule has 9 aromatic rings. The lowest BCUT2D eigenvalue weighted by Crippen LogP contribution is -2.16. The monoisotopic (exact) mass is 690 g/mol. The van der Waals surface area contributed by atoms with Gasteiger partial charge in [-0.2, -0.15) is 0 Å². The Bertz CT molecular complexity index is 2740. The molecule has 1 heterocycles. The van der Waals surface area contributed by atoms with E-state index in [1.165, 1.54) is 66.4 Å². The quantitative estimate of drug-likeness (QED) is 0.161. The Morgan fingerprint density at radius 1 is 0.389 bits per heavy atom. The highest BCUT2D eigenvalue weighted by Crippen LogP contribution is 2.52.